The number of ether oxygens (including phenoxy) is 2. The highest BCUT2D eigenvalue weighted by Crippen LogP contribution is 2.13. The molecule has 0 saturated carbocycles. The third-order valence-electron chi connectivity index (χ3n) is 2.03. The van der Waals surface area contributed by atoms with E-state index >= 15 is 0 Å². The van der Waals surface area contributed by atoms with Gasteiger partial charge in [0.15, 0.2) is 0 Å². The van der Waals surface area contributed by atoms with E-state index < -0.39 is 6.16 Å². The van der Waals surface area contributed by atoms with E-state index in [4.69, 9.17) is 4.74 Å². The van der Waals surface area contributed by atoms with E-state index in [1.165, 1.54) is 19.3 Å². The number of unbranched alkanes of at least 4 members (excludes halogenated alkanes) is 3. The molecule has 0 spiro atoms. The number of rotatable bonds is 5. The molecule has 12 heavy (non-hydrogen) atoms. The van der Waals surface area contributed by atoms with Crippen LogP contribution in [0.2, 0.25) is 0 Å². The summed E-state index contributed by atoms with van der Waals surface area (Å²) in [5.74, 6) is 0. The van der Waals surface area contributed by atoms with Crippen molar-refractivity contribution in [2.75, 3.05) is 6.61 Å². The van der Waals surface area contributed by atoms with Gasteiger partial charge in [0.05, 0.1) is 0 Å². The fraction of sp³-hybridized carbons (Fsp3) is 0.889. The van der Waals surface area contributed by atoms with E-state index in [0.29, 0.717) is 6.61 Å². The van der Waals surface area contributed by atoms with Crippen LogP contribution in [0.15, 0.2) is 0 Å². The highest BCUT2D eigenvalue weighted by Gasteiger charge is 2.23. The van der Waals surface area contributed by atoms with Crippen LogP contribution in [0.3, 0.4) is 0 Å². The number of hydrogen-bond donors (Lipinski definition) is 0. The monoisotopic (exact) mass is 172 g/mol. The average Bonchev–Trinajstić information content (AvgIpc) is 2.45. The number of carbonyl (C=O) groups excluding carboxylic acids is 1. The summed E-state index contributed by atoms with van der Waals surface area (Å²) in [6, 6.07) is 0. The SMILES string of the molecule is CCCCCC[C@@H]1COC(=O)O1. The van der Waals surface area contributed by atoms with Gasteiger partial charge in [0.1, 0.15) is 12.7 Å². The molecule has 0 aromatic heterocycles. The summed E-state index contributed by atoms with van der Waals surface area (Å²) < 4.78 is 9.54. The minimum atomic E-state index is -0.504. The van der Waals surface area contributed by atoms with Gasteiger partial charge in [-0.05, 0) is 12.8 Å². The topological polar surface area (TPSA) is 35.5 Å². The lowest BCUT2D eigenvalue weighted by Gasteiger charge is -2.04. The van der Waals surface area contributed by atoms with E-state index in [1.807, 2.05) is 0 Å². The Kier molecular flexibility index (Phi) is 3.91. The summed E-state index contributed by atoms with van der Waals surface area (Å²) in [4.78, 5) is 10.5. The van der Waals surface area contributed by atoms with Crippen molar-refractivity contribution in [2.45, 2.75) is 45.1 Å². The molecule has 1 atom stereocenters. The molecule has 3 heteroatoms. The summed E-state index contributed by atoms with van der Waals surface area (Å²) in [6.07, 6.45) is 5.33. The van der Waals surface area contributed by atoms with Crippen molar-refractivity contribution < 1.29 is 14.3 Å². The maximum Gasteiger partial charge on any atom is 0.508 e. The van der Waals surface area contributed by atoms with Crippen molar-refractivity contribution >= 4 is 6.16 Å². The van der Waals surface area contributed by atoms with Crippen molar-refractivity contribution in [3.05, 3.63) is 0 Å². The fourth-order valence-electron chi connectivity index (χ4n) is 1.31. The molecule has 0 unspecified atom stereocenters. The van der Waals surface area contributed by atoms with Gasteiger partial charge < -0.3 is 9.47 Å². The Morgan fingerprint density at radius 1 is 1.42 bits per heavy atom. The third-order valence-corrected chi connectivity index (χ3v) is 2.03. The first kappa shape index (κ1) is 9.36. The molecule has 1 aliphatic heterocycles. The lowest BCUT2D eigenvalue weighted by atomic mass is 10.1. The van der Waals surface area contributed by atoms with Gasteiger partial charge in [-0.2, -0.15) is 0 Å². The maximum atomic E-state index is 10.5. The summed E-state index contributed by atoms with van der Waals surface area (Å²) in [7, 11) is 0. The van der Waals surface area contributed by atoms with Crippen LogP contribution >= 0.6 is 0 Å². The molecule has 1 fully saturated rings. The molecular weight excluding hydrogens is 156 g/mol. The van der Waals surface area contributed by atoms with Crippen LogP contribution in [0.4, 0.5) is 4.79 Å². The van der Waals surface area contributed by atoms with Crippen LogP contribution in [0.1, 0.15) is 39.0 Å². The molecule has 0 N–H and O–H groups in total. The zero-order chi connectivity index (χ0) is 8.81. The van der Waals surface area contributed by atoms with Gasteiger partial charge in [-0.15, -0.1) is 0 Å². The van der Waals surface area contributed by atoms with E-state index in [0.717, 1.165) is 12.8 Å². The van der Waals surface area contributed by atoms with Gasteiger partial charge in [-0.1, -0.05) is 26.2 Å². The van der Waals surface area contributed by atoms with Gasteiger partial charge in [-0.25, -0.2) is 4.79 Å². The predicted molar refractivity (Wildman–Crippen MR) is 45.0 cm³/mol. The number of cyclic esters (lactones) is 2. The normalized spacial score (nSPS) is 22.1. The van der Waals surface area contributed by atoms with Crippen molar-refractivity contribution in [3.8, 4) is 0 Å². The number of hydrogen-bond acceptors (Lipinski definition) is 3. The standard InChI is InChI=1S/C9H16O3/c1-2-3-4-5-6-8-7-11-9(10)12-8/h8H,2-7H2,1H3/t8-/m1/s1. The molecule has 0 aromatic carbocycles. The van der Waals surface area contributed by atoms with Gasteiger partial charge >= 0.3 is 6.16 Å². The van der Waals surface area contributed by atoms with Gasteiger partial charge in [0.25, 0.3) is 0 Å². The highest BCUT2D eigenvalue weighted by atomic mass is 16.8. The molecular formula is C9H16O3. The van der Waals surface area contributed by atoms with E-state index in [2.05, 4.69) is 11.7 Å². The van der Waals surface area contributed by atoms with E-state index in [-0.39, 0.29) is 6.10 Å². The van der Waals surface area contributed by atoms with Crippen LogP contribution in [0.5, 0.6) is 0 Å². The summed E-state index contributed by atoms with van der Waals surface area (Å²) in [6.45, 7) is 2.63. The molecule has 1 heterocycles. The van der Waals surface area contributed by atoms with Crippen molar-refractivity contribution in [1.29, 1.82) is 0 Å². The summed E-state index contributed by atoms with van der Waals surface area (Å²) >= 11 is 0. The second-order valence-electron chi connectivity index (χ2n) is 3.15. The Morgan fingerprint density at radius 2 is 2.25 bits per heavy atom. The highest BCUT2D eigenvalue weighted by molar-refractivity contribution is 5.61. The molecule has 1 saturated heterocycles. The predicted octanol–water partition coefficient (Wildman–Crippen LogP) is 2.49. The minimum absolute atomic E-state index is 0.0226. The van der Waals surface area contributed by atoms with E-state index in [1.54, 1.807) is 0 Å². The molecule has 0 aromatic rings. The number of carbonyl (C=O) groups is 1. The Morgan fingerprint density at radius 3 is 2.83 bits per heavy atom. The Labute approximate surface area is 73.0 Å². The first-order valence-corrected chi connectivity index (χ1v) is 4.66. The molecule has 0 radical (unpaired) electrons. The zero-order valence-corrected chi connectivity index (χ0v) is 7.54. The van der Waals surface area contributed by atoms with Crippen LogP contribution in [-0.2, 0) is 9.47 Å². The summed E-state index contributed by atoms with van der Waals surface area (Å²) in [5.41, 5.74) is 0. The molecule has 1 rings (SSSR count). The van der Waals surface area contributed by atoms with Crippen molar-refractivity contribution in [2.24, 2.45) is 0 Å². The van der Waals surface area contributed by atoms with Crippen molar-refractivity contribution in [1.82, 2.24) is 0 Å². The molecule has 0 aliphatic carbocycles. The smallest absolute Gasteiger partial charge is 0.430 e. The van der Waals surface area contributed by atoms with Gasteiger partial charge in [-0.3, -0.25) is 0 Å². The van der Waals surface area contributed by atoms with Gasteiger partial charge in [0.2, 0.25) is 0 Å². The molecule has 0 amide bonds. The second kappa shape index (κ2) is 5.01. The maximum absolute atomic E-state index is 10.5. The summed E-state index contributed by atoms with van der Waals surface area (Å²) in [5, 5.41) is 0. The Hall–Kier alpha value is -0.730. The zero-order valence-electron chi connectivity index (χ0n) is 7.54. The molecule has 3 nitrogen and oxygen atoms in total. The van der Waals surface area contributed by atoms with Crippen LogP contribution in [0.25, 0.3) is 0 Å². The largest absolute Gasteiger partial charge is 0.508 e. The van der Waals surface area contributed by atoms with Crippen LogP contribution in [0, 0.1) is 0 Å². The minimum Gasteiger partial charge on any atom is -0.430 e. The quantitative estimate of drug-likeness (QED) is 0.472. The van der Waals surface area contributed by atoms with Crippen molar-refractivity contribution in [3.63, 3.8) is 0 Å². The lowest BCUT2D eigenvalue weighted by molar-refractivity contribution is 0.115. The van der Waals surface area contributed by atoms with Crippen LogP contribution in [-0.4, -0.2) is 18.9 Å². The van der Waals surface area contributed by atoms with Gasteiger partial charge in [0, 0.05) is 0 Å². The first-order valence-electron chi connectivity index (χ1n) is 4.66. The Bertz CT molecular complexity index is 145. The van der Waals surface area contributed by atoms with Crippen LogP contribution < -0.4 is 0 Å². The van der Waals surface area contributed by atoms with E-state index in [9.17, 15) is 4.79 Å². The molecule has 1 aliphatic rings. The lowest BCUT2D eigenvalue weighted by Crippen LogP contribution is -2.08. The Balaban J connectivity index is 1.97. The second-order valence-corrected chi connectivity index (χ2v) is 3.15. The third kappa shape index (κ3) is 3.11. The molecule has 70 valence electrons. The average molecular weight is 172 g/mol. The fourth-order valence-corrected chi connectivity index (χ4v) is 1.31. The molecule has 0 bridgehead atoms. The first-order chi connectivity index (χ1) is 5.83.